The first-order valence-electron chi connectivity index (χ1n) is 6.03. The topological polar surface area (TPSA) is 57.6 Å². The van der Waals surface area contributed by atoms with Crippen LogP contribution in [0, 0.1) is 6.92 Å². The molecule has 0 saturated carbocycles. The van der Waals surface area contributed by atoms with Gasteiger partial charge >= 0.3 is 0 Å². The molecule has 0 saturated heterocycles. The molecule has 0 fully saturated rings. The molecule has 0 aliphatic carbocycles. The van der Waals surface area contributed by atoms with Crippen molar-refractivity contribution in [3.8, 4) is 0 Å². The van der Waals surface area contributed by atoms with E-state index in [2.05, 4.69) is 0 Å². The van der Waals surface area contributed by atoms with Crippen LogP contribution in [-0.2, 0) is 16.6 Å². The van der Waals surface area contributed by atoms with Gasteiger partial charge in [-0.2, -0.15) is 4.31 Å². The van der Waals surface area contributed by atoms with E-state index in [1.54, 1.807) is 32.2 Å². The summed E-state index contributed by atoms with van der Waals surface area (Å²) in [6.45, 7) is 5.40. The summed E-state index contributed by atoms with van der Waals surface area (Å²) in [5, 5.41) is 9.19. The fraction of sp³-hybridized carbons (Fsp3) is 0.538. The third-order valence-electron chi connectivity index (χ3n) is 3.44. The summed E-state index contributed by atoms with van der Waals surface area (Å²) in [5.74, 6) is 0. The number of sulfonamides is 1. The lowest BCUT2D eigenvalue weighted by Crippen LogP contribution is -2.35. The van der Waals surface area contributed by atoms with Crippen molar-refractivity contribution in [2.24, 2.45) is 0 Å². The second kappa shape index (κ2) is 5.82. The molecule has 1 atom stereocenters. The molecule has 1 aromatic rings. The Morgan fingerprint density at radius 2 is 2.00 bits per heavy atom. The van der Waals surface area contributed by atoms with Gasteiger partial charge in [-0.15, -0.1) is 0 Å². The minimum absolute atomic E-state index is 0.0489. The highest BCUT2D eigenvalue weighted by Crippen LogP contribution is 2.23. The van der Waals surface area contributed by atoms with Crippen molar-refractivity contribution in [1.29, 1.82) is 0 Å². The van der Waals surface area contributed by atoms with Crippen LogP contribution in [0.4, 0.5) is 0 Å². The normalized spacial score (nSPS) is 13.9. The van der Waals surface area contributed by atoms with E-state index in [0.717, 1.165) is 6.42 Å². The van der Waals surface area contributed by atoms with Gasteiger partial charge in [0.05, 0.1) is 11.5 Å². The number of nitrogens with zero attached hydrogens (tertiary/aromatic N) is 1. The zero-order valence-electron chi connectivity index (χ0n) is 11.3. The molecule has 4 nitrogen and oxygen atoms in total. The molecule has 5 heteroatoms. The van der Waals surface area contributed by atoms with Gasteiger partial charge in [0.25, 0.3) is 0 Å². The summed E-state index contributed by atoms with van der Waals surface area (Å²) in [4.78, 5) is 0.275. The van der Waals surface area contributed by atoms with E-state index >= 15 is 0 Å². The molecule has 1 rings (SSSR count). The van der Waals surface area contributed by atoms with Gasteiger partial charge in [-0.25, -0.2) is 8.42 Å². The standard InChI is InChI=1S/C13H21NO3S/c1-5-10(2)14(4)18(16,17)13-8-6-7-12(9-15)11(13)3/h6-8,10,15H,5,9H2,1-4H3. The van der Waals surface area contributed by atoms with Crippen molar-refractivity contribution in [3.63, 3.8) is 0 Å². The average molecular weight is 271 g/mol. The summed E-state index contributed by atoms with van der Waals surface area (Å²) in [7, 11) is -1.90. The van der Waals surface area contributed by atoms with E-state index in [4.69, 9.17) is 0 Å². The Morgan fingerprint density at radius 1 is 1.39 bits per heavy atom. The van der Waals surface area contributed by atoms with Crippen molar-refractivity contribution >= 4 is 10.0 Å². The average Bonchev–Trinajstić information content (AvgIpc) is 2.36. The van der Waals surface area contributed by atoms with Gasteiger partial charge in [0.1, 0.15) is 0 Å². The van der Waals surface area contributed by atoms with Crippen molar-refractivity contribution in [1.82, 2.24) is 4.31 Å². The Kier molecular flexibility index (Phi) is 4.90. The van der Waals surface area contributed by atoms with Crippen molar-refractivity contribution in [3.05, 3.63) is 29.3 Å². The Morgan fingerprint density at radius 3 is 2.50 bits per heavy atom. The molecule has 0 aromatic heterocycles. The third kappa shape index (κ3) is 2.74. The first-order chi connectivity index (χ1) is 8.36. The smallest absolute Gasteiger partial charge is 0.243 e. The maximum absolute atomic E-state index is 12.5. The van der Waals surface area contributed by atoms with Crippen LogP contribution in [0.15, 0.2) is 23.1 Å². The van der Waals surface area contributed by atoms with Gasteiger partial charge in [-0.3, -0.25) is 0 Å². The van der Waals surface area contributed by atoms with Crippen LogP contribution >= 0.6 is 0 Å². The highest BCUT2D eigenvalue weighted by atomic mass is 32.2. The monoisotopic (exact) mass is 271 g/mol. The minimum atomic E-state index is -3.49. The molecular formula is C13H21NO3S. The van der Waals surface area contributed by atoms with Crippen molar-refractivity contribution in [2.75, 3.05) is 7.05 Å². The molecular weight excluding hydrogens is 250 g/mol. The van der Waals surface area contributed by atoms with Crippen molar-refractivity contribution in [2.45, 2.75) is 44.7 Å². The zero-order chi connectivity index (χ0) is 13.9. The number of benzene rings is 1. The van der Waals surface area contributed by atoms with Crippen LogP contribution in [0.5, 0.6) is 0 Å². The van der Waals surface area contributed by atoms with E-state index in [1.165, 1.54) is 4.31 Å². The lowest BCUT2D eigenvalue weighted by Gasteiger charge is -2.24. The van der Waals surface area contributed by atoms with Gasteiger partial charge in [0.15, 0.2) is 0 Å². The first kappa shape index (κ1) is 15.1. The van der Waals surface area contributed by atoms with E-state index < -0.39 is 10.0 Å². The highest BCUT2D eigenvalue weighted by molar-refractivity contribution is 7.89. The minimum Gasteiger partial charge on any atom is -0.392 e. The number of rotatable bonds is 5. The Bertz CT molecular complexity index is 511. The predicted octanol–water partition coefficient (Wildman–Crippen LogP) is 1.91. The van der Waals surface area contributed by atoms with Crippen LogP contribution in [0.2, 0.25) is 0 Å². The van der Waals surface area contributed by atoms with E-state index in [0.29, 0.717) is 11.1 Å². The number of aliphatic hydroxyl groups excluding tert-OH is 1. The molecule has 1 unspecified atom stereocenters. The molecule has 0 bridgehead atoms. The molecule has 102 valence electrons. The van der Waals surface area contributed by atoms with Crippen LogP contribution in [0.3, 0.4) is 0 Å². The van der Waals surface area contributed by atoms with Crippen LogP contribution in [0.25, 0.3) is 0 Å². The Labute approximate surface area is 109 Å². The zero-order valence-corrected chi connectivity index (χ0v) is 12.2. The molecule has 0 radical (unpaired) electrons. The van der Waals surface area contributed by atoms with E-state index in [9.17, 15) is 13.5 Å². The molecule has 0 amide bonds. The molecule has 0 aliphatic rings. The Hall–Kier alpha value is -0.910. The lowest BCUT2D eigenvalue weighted by molar-refractivity contribution is 0.280. The van der Waals surface area contributed by atoms with Gasteiger partial charge in [-0.1, -0.05) is 19.1 Å². The SMILES string of the molecule is CCC(C)N(C)S(=O)(=O)c1cccc(CO)c1C. The van der Waals surface area contributed by atoms with Crippen molar-refractivity contribution < 1.29 is 13.5 Å². The first-order valence-corrected chi connectivity index (χ1v) is 7.47. The fourth-order valence-electron chi connectivity index (χ4n) is 1.76. The summed E-state index contributed by atoms with van der Waals surface area (Å²) in [6, 6.07) is 4.93. The Balaban J connectivity index is 3.29. The summed E-state index contributed by atoms with van der Waals surface area (Å²) in [6.07, 6.45) is 0.758. The van der Waals surface area contributed by atoms with Gasteiger partial charge in [-0.05, 0) is 37.5 Å². The largest absolute Gasteiger partial charge is 0.392 e. The maximum Gasteiger partial charge on any atom is 0.243 e. The molecule has 1 N–H and O–H groups in total. The fourth-order valence-corrected chi connectivity index (χ4v) is 3.46. The summed E-state index contributed by atoms with van der Waals surface area (Å²) in [5.41, 5.74) is 1.27. The lowest BCUT2D eigenvalue weighted by atomic mass is 10.1. The maximum atomic E-state index is 12.5. The molecule has 1 aromatic carbocycles. The number of aliphatic hydroxyl groups is 1. The molecule has 18 heavy (non-hydrogen) atoms. The van der Waals surface area contributed by atoms with E-state index in [-0.39, 0.29) is 17.5 Å². The molecule has 0 heterocycles. The summed E-state index contributed by atoms with van der Waals surface area (Å²) < 4.78 is 26.3. The van der Waals surface area contributed by atoms with Crippen LogP contribution in [-0.4, -0.2) is 30.9 Å². The quantitative estimate of drug-likeness (QED) is 0.890. The molecule has 0 aliphatic heterocycles. The second-order valence-electron chi connectivity index (χ2n) is 4.48. The number of hydrogen-bond acceptors (Lipinski definition) is 3. The van der Waals surface area contributed by atoms with Gasteiger partial charge in [0.2, 0.25) is 10.0 Å². The van der Waals surface area contributed by atoms with Crippen LogP contribution in [0.1, 0.15) is 31.4 Å². The van der Waals surface area contributed by atoms with Gasteiger partial charge in [0, 0.05) is 13.1 Å². The van der Waals surface area contributed by atoms with Crippen LogP contribution < -0.4 is 0 Å². The summed E-state index contributed by atoms with van der Waals surface area (Å²) >= 11 is 0. The van der Waals surface area contributed by atoms with E-state index in [1.807, 2.05) is 13.8 Å². The second-order valence-corrected chi connectivity index (χ2v) is 6.44. The predicted molar refractivity (Wildman–Crippen MR) is 71.8 cm³/mol. The highest BCUT2D eigenvalue weighted by Gasteiger charge is 2.26. The van der Waals surface area contributed by atoms with Gasteiger partial charge < -0.3 is 5.11 Å². The number of hydrogen-bond donors (Lipinski definition) is 1. The molecule has 0 spiro atoms. The third-order valence-corrected chi connectivity index (χ3v) is 5.55.